The maximum absolute atomic E-state index is 12.1. The number of hydrogen-bond acceptors (Lipinski definition) is 3. The highest BCUT2D eigenvalue weighted by molar-refractivity contribution is 7.89. The van der Waals surface area contributed by atoms with E-state index in [1.54, 1.807) is 24.3 Å². The fourth-order valence-electron chi connectivity index (χ4n) is 1.94. The normalized spacial score (nSPS) is 11.3. The Hall–Kier alpha value is -1.85. The van der Waals surface area contributed by atoms with Gasteiger partial charge in [0.1, 0.15) is 5.75 Å². The summed E-state index contributed by atoms with van der Waals surface area (Å²) in [4.78, 5) is 0.304. The number of aryl methyl sites for hydroxylation is 1. The number of ether oxygens (including phenoxy) is 1. The van der Waals surface area contributed by atoms with Crippen LogP contribution in [0.15, 0.2) is 59.5 Å². The van der Waals surface area contributed by atoms with Crippen LogP contribution in [0.2, 0.25) is 0 Å². The van der Waals surface area contributed by atoms with Gasteiger partial charge in [0.2, 0.25) is 10.0 Å². The molecule has 0 amide bonds. The van der Waals surface area contributed by atoms with Gasteiger partial charge in [-0.2, -0.15) is 0 Å². The molecule has 0 fully saturated rings. The highest BCUT2D eigenvalue weighted by atomic mass is 32.2. The van der Waals surface area contributed by atoms with Gasteiger partial charge in [0.05, 0.1) is 11.5 Å². The molecule has 0 saturated carbocycles. The van der Waals surface area contributed by atoms with Crippen molar-refractivity contribution >= 4 is 10.0 Å². The smallest absolute Gasteiger partial charge is 0.240 e. The predicted octanol–water partition coefficient (Wildman–Crippen LogP) is 3.13. The van der Waals surface area contributed by atoms with Crippen LogP contribution in [0.1, 0.15) is 18.4 Å². The summed E-state index contributed by atoms with van der Waals surface area (Å²) in [6, 6.07) is 16.4. The molecule has 0 unspecified atom stereocenters. The minimum Gasteiger partial charge on any atom is -0.494 e. The molecular formula is C17H21NO3S. The number of rotatable bonds is 8. The molecule has 118 valence electrons. The zero-order chi connectivity index (χ0) is 15.8. The van der Waals surface area contributed by atoms with E-state index in [-0.39, 0.29) is 0 Å². The standard InChI is InChI=1S/C17H21NO3S/c1-15-9-11-17(12-10-15)22(19,20)18-13-5-6-14-21-16-7-3-2-4-8-16/h2-4,7-12,18H,5-6,13-14H2,1H3. The van der Waals surface area contributed by atoms with Crippen molar-refractivity contribution in [1.29, 1.82) is 0 Å². The average Bonchev–Trinajstić information content (AvgIpc) is 2.52. The molecule has 0 spiro atoms. The second kappa shape index (κ2) is 7.96. The van der Waals surface area contributed by atoms with Gasteiger partial charge in [-0.1, -0.05) is 35.9 Å². The van der Waals surface area contributed by atoms with Crippen LogP contribution in [-0.2, 0) is 10.0 Å². The average molecular weight is 319 g/mol. The second-order valence-corrected chi connectivity index (χ2v) is 6.85. The van der Waals surface area contributed by atoms with E-state index in [4.69, 9.17) is 4.74 Å². The van der Waals surface area contributed by atoms with Gasteiger partial charge in [-0.3, -0.25) is 0 Å². The third kappa shape index (κ3) is 5.16. The quantitative estimate of drug-likeness (QED) is 0.761. The van der Waals surface area contributed by atoms with Crippen LogP contribution >= 0.6 is 0 Å². The maximum Gasteiger partial charge on any atom is 0.240 e. The lowest BCUT2D eigenvalue weighted by Gasteiger charge is -2.08. The van der Waals surface area contributed by atoms with E-state index in [2.05, 4.69) is 4.72 Å². The highest BCUT2D eigenvalue weighted by Gasteiger charge is 2.12. The third-order valence-corrected chi connectivity index (χ3v) is 4.68. The molecular weight excluding hydrogens is 298 g/mol. The number of para-hydroxylation sites is 1. The molecule has 0 bridgehead atoms. The molecule has 0 aliphatic rings. The van der Waals surface area contributed by atoms with Gasteiger partial charge in [-0.05, 0) is 44.0 Å². The van der Waals surface area contributed by atoms with Crippen LogP contribution in [0.4, 0.5) is 0 Å². The van der Waals surface area contributed by atoms with E-state index < -0.39 is 10.0 Å². The summed E-state index contributed by atoms with van der Waals surface area (Å²) in [5.74, 6) is 0.836. The first-order chi connectivity index (χ1) is 10.6. The van der Waals surface area contributed by atoms with E-state index in [0.717, 1.165) is 24.2 Å². The zero-order valence-corrected chi connectivity index (χ0v) is 13.5. The fourth-order valence-corrected chi connectivity index (χ4v) is 3.02. The minimum absolute atomic E-state index is 0.304. The first-order valence-electron chi connectivity index (χ1n) is 7.32. The number of unbranched alkanes of at least 4 members (excludes halogenated alkanes) is 1. The van der Waals surface area contributed by atoms with Crippen LogP contribution in [0, 0.1) is 6.92 Å². The largest absolute Gasteiger partial charge is 0.494 e. The third-order valence-electron chi connectivity index (χ3n) is 3.21. The molecule has 0 saturated heterocycles. The SMILES string of the molecule is Cc1ccc(S(=O)(=O)NCCCCOc2ccccc2)cc1. The first-order valence-corrected chi connectivity index (χ1v) is 8.80. The lowest BCUT2D eigenvalue weighted by molar-refractivity contribution is 0.307. The Bertz CT molecular complexity index is 667. The van der Waals surface area contributed by atoms with Gasteiger partial charge in [0, 0.05) is 6.54 Å². The highest BCUT2D eigenvalue weighted by Crippen LogP contribution is 2.10. The van der Waals surface area contributed by atoms with Gasteiger partial charge in [0.25, 0.3) is 0 Å². The Kier molecular flexibility index (Phi) is 5.98. The Balaban J connectivity index is 1.68. The van der Waals surface area contributed by atoms with Crippen molar-refractivity contribution in [3.8, 4) is 5.75 Å². The number of hydrogen-bond donors (Lipinski definition) is 1. The predicted molar refractivity (Wildman–Crippen MR) is 87.5 cm³/mol. The van der Waals surface area contributed by atoms with Crippen molar-refractivity contribution in [2.75, 3.05) is 13.2 Å². The van der Waals surface area contributed by atoms with Crippen molar-refractivity contribution in [2.24, 2.45) is 0 Å². The van der Waals surface area contributed by atoms with Gasteiger partial charge in [-0.25, -0.2) is 13.1 Å². The summed E-state index contributed by atoms with van der Waals surface area (Å²) in [5.41, 5.74) is 1.04. The van der Waals surface area contributed by atoms with Crippen LogP contribution < -0.4 is 9.46 Å². The van der Waals surface area contributed by atoms with Crippen LogP contribution in [0.3, 0.4) is 0 Å². The van der Waals surface area contributed by atoms with Crippen molar-refractivity contribution in [1.82, 2.24) is 4.72 Å². The molecule has 2 aromatic rings. The summed E-state index contributed by atoms with van der Waals surface area (Å²) in [6.07, 6.45) is 1.53. The lowest BCUT2D eigenvalue weighted by Crippen LogP contribution is -2.25. The van der Waals surface area contributed by atoms with Gasteiger partial charge >= 0.3 is 0 Å². The van der Waals surface area contributed by atoms with Gasteiger partial charge < -0.3 is 4.74 Å². The summed E-state index contributed by atoms with van der Waals surface area (Å²) in [6.45, 7) is 2.92. The molecule has 0 aliphatic carbocycles. The van der Waals surface area contributed by atoms with Gasteiger partial charge in [-0.15, -0.1) is 0 Å². The lowest BCUT2D eigenvalue weighted by atomic mass is 10.2. The number of benzene rings is 2. The number of sulfonamides is 1. The van der Waals surface area contributed by atoms with E-state index in [1.807, 2.05) is 37.3 Å². The van der Waals surface area contributed by atoms with Crippen molar-refractivity contribution in [2.45, 2.75) is 24.7 Å². The molecule has 5 heteroatoms. The van der Waals surface area contributed by atoms with Crippen LogP contribution in [-0.4, -0.2) is 21.6 Å². The van der Waals surface area contributed by atoms with Crippen molar-refractivity contribution < 1.29 is 13.2 Å². The molecule has 2 aromatic carbocycles. The van der Waals surface area contributed by atoms with Crippen LogP contribution in [0.5, 0.6) is 5.75 Å². The fraction of sp³-hybridized carbons (Fsp3) is 0.294. The summed E-state index contributed by atoms with van der Waals surface area (Å²) in [7, 11) is -3.41. The minimum atomic E-state index is -3.41. The van der Waals surface area contributed by atoms with Gasteiger partial charge in [0.15, 0.2) is 0 Å². The molecule has 0 heterocycles. The van der Waals surface area contributed by atoms with Crippen molar-refractivity contribution in [3.63, 3.8) is 0 Å². The second-order valence-electron chi connectivity index (χ2n) is 5.08. The van der Waals surface area contributed by atoms with E-state index in [0.29, 0.717) is 18.0 Å². The molecule has 0 aromatic heterocycles. The zero-order valence-electron chi connectivity index (χ0n) is 12.7. The Labute approximate surface area is 132 Å². The van der Waals surface area contributed by atoms with Crippen molar-refractivity contribution in [3.05, 3.63) is 60.2 Å². The molecule has 0 radical (unpaired) electrons. The Morgan fingerprint density at radius 1 is 0.955 bits per heavy atom. The summed E-state index contributed by atoms with van der Waals surface area (Å²) < 4.78 is 32.3. The van der Waals surface area contributed by atoms with Crippen LogP contribution in [0.25, 0.3) is 0 Å². The maximum atomic E-state index is 12.1. The summed E-state index contributed by atoms with van der Waals surface area (Å²) >= 11 is 0. The van der Waals surface area contributed by atoms with E-state index >= 15 is 0 Å². The topological polar surface area (TPSA) is 55.4 Å². The van der Waals surface area contributed by atoms with E-state index in [9.17, 15) is 8.42 Å². The Morgan fingerprint density at radius 2 is 1.64 bits per heavy atom. The summed E-state index contributed by atoms with van der Waals surface area (Å²) in [5, 5.41) is 0. The Morgan fingerprint density at radius 3 is 2.32 bits per heavy atom. The molecule has 2 rings (SSSR count). The molecule has 0 aliphatic heterocycles. The van der Waals surface area contributed by atoms with E-state index in [1.165, 1.54) is 0 Å². The monoisotopic (exact) mass is 319 g/mol. The molecule has 4 nitrogen and oxygen atoms in total. The number of nitrogens with one attached hydrogen (secondary N) is 1. The molecule has 22 heavy (non-hydrogen) atoms. The first kappa shape index (κ1) is 16.5. The molecule has 0 atom stereocenters. The molecule has 1 N–H and O–H groups in total.